The van der Waals surface area contributed by atoms with Crippen LogP contribution in [-0.2, 0) is 11.8 Å². The number of rotatable bonds is 5. The molecule has 118 valence electrons. The summed E-state index contributed by atoms with van der Waals surface area (Å²) in [7, 11) is 0. The summed E-state index contributed by atoms with van der Waals surface area (Å²) in [5.74, 6) is 0. The minimum atomic E-state index is -0.387. The molecule has 1 atom stereocenters. The number of hydrogen-bond donors (Lipinski definition) is 0. The van der Waals surface area contributed by atoms with Crippen LogP contribution in [0.25, 0.3) is 0 Å². The van der Waals surface area contributed by atoms with E-state index < -0.39 is 0 Å². The summed E-state index contributed by atoms with van der Waals surface area (Å²) in [4.78, 5) is 0. The van der Waals surface area contributed by atoms with Crippen molar-refractivity contribution in [1.82, 2.24) is 0 Å². The monoisotopic (exact) mass is 331 g/mol. The molecule has 0 aliphatic heterocycles. The van der Waals surface area contributed by atoms with Crippen LogP contribution in [0.4, 0.5) is 0 Å². The molecule has 3 rings (SSSR count). The zero-order chi connectivity index (χ0) is 16.8. The molecule has 24 heavy (non-hydrogen) atoms. The molecule has 0 aliphatic rings. The highest BCUT2D eigenvalue weighted by Gasteiger charge is 2.34. The van der Waals surface area contributed by atoms with E-state index in [4.69, 9.17) is 11.6 Å². The summed E-state index contributed by atoms with van der Waals surface area (Å²) in [6.45, 7) is 0. The fraction of sp³-hybridized carbons (Fsp3) is 0.136. The Morgan fingerprint density at radius 2 is 1.29 bits per heavy atom. The normalized spacial score (nSPS) is 13.0. The summed E-state index contributed by atoms with van der Waals surface area (Å²) in [6, 6.07) is 30.9. The van der Waals surface area contributed by atoms with Crippen LogP contribution in [0.15, 0.2) is 84.9 Å². The maximum Gasteiger partial charge on any atom is 0.0634 e. The summed E-state index contributed by atoms with van der Waals surface area (Å²) in [5.41, 5.74) is 3.09. The lowest BCUT2D eigenvalue weighted by atomic mass is 9.68. The van der Waals surface area contributed by atoms with Gasteiger partial charge in [-0.2, -0.15) is 5.26 Å². The van der Waals surface area contributed by atoms with Gasteiger partial charge in [-0.05, 0) is 35.2 Å². The Balaban J connectivity index is 2.17. The quantitative estimate of drug-likeness (QED) is 0.581. The molecule has 3 aromatic carbocycles. The van der Waals surface area contributed by atoms with Crippen LogP contribution in [0.2, 0.25) is 5.02 Å². The van der Waals surface area contributed by atoms with Crippen molar-refractivity contribution in [3.8, 4) is 6.07 Å². The van der Waals surface area contributed by atoms with Gasteiger partial charge in [-0.15, -0.1) is 0 Å². The van der Waals surface area contributed by atoms with Crippen molar-refractivity contribution in [1.29, 1.82) is 5.26 Å². The highest BCUT2D eigenvalue weighted by atomic mass is 35.5. The van der Waals surface area contributed by atoms with Crippen molar-refractivity contribution in [3.63, 3.8) is 0 Å². The summed E-state index contributed by atoms with van der Waals surface area (Å²) in [5, 5.41) is 10.3. The highest BCUT2D eigenvalue weighted by Crippen LogP contribution is 2.39. The molecular weight excluding hydrogens is 314 g/mol. The highest BCUT2D eigenvalue weighted by molar-refractivity contribution is 6.30. The molecule has 0 saturated carbocycles. The molecule has 0 fully saturated rings. The molecule has 1 unspecified atom stereocenters. The Kier molecular flexibility index (Phi) is 4.99. The van der Waals surface area contributed by atoms with E-state index in [1.165, 1.54) is 5.56 Å². The van der Waals surface area contributed by atoms with Crippen LogP contribution in [0, 0.1) is 11.3 Å². The van der Waals surface area contributed by atoms with Crippen molar-refractivity contribution in [2.75, 3.05) is 0 Å². The fourth-order valence-corrected chi connectivity index (χ4v) is 3.37. The van der Waals surface area contributed by atoms with E-state index in [0.717, 1.165) is 17.5 Å². The standard InChI is InChI=1S/C22H18ClN/c23-21-13-11-20(12-14-21)22(15-16-24,19-9-5-2-6-10-19)17-18-7-3-1-4-8-18/h1-14H,15,17H2. The molecule has 0 saturated heterocycles. The zero-order valence-corrected chi connectivity index (χ0v) is 14.1. The fourth-order valence-electron chi connectivity index (χ4n) is 3.24. The van der Waals surface area contributed by atoms with Gasteiger partial charge >= 0.3 is 0 Å². The molecule has 0 aromatic heterocycles. The first-order valence-corrected chi connectivity index (χ1v) is 8.35. The van der Waals surface area contributed by atoms with E-state index in [2.05, 4.69) is 30.3 Å². The molecule has 0 heterocycles. The summed E-state index contributed by atoms with van der Waals surface area (Å²) >= 11 is 6.08. The Morgan fingerprint density at radius 3 is 1.88 bits per heavy atom. The topological polar surface area (TPSA) is 23.8 Å². The average molecular weight is 332 g/mol. The summed E-state index contributed by atoms with van der Waals surface area (Å²) in [6.07, 6.45) is 1.18. The van der Waals surface area contributed by atoms with Crippen molar-refractivity contribution in [2.45, 2.75) is 18.3 Å². The lowest BCUT2D eigenvalue weighted by Gasteiger charge is -2.33. The molecule has 0 N–H and O–H groups in total. The van der Waals surface area contributed by atoms with Crippen molar-refractivity contribution < 1.29 is 0 Å². The lowest BCUT2D eigenvalue weighted by molar-refractivity contribution is 0.522. The van der Waals surface area contributed by atoms with Crippen LogP contribution >= 0.6 is 11.6 Å². The third kappa shape index (κ3) is 3.35. The van der Waals surface area contributed by atoms with Crippen molar-refractivity contribution >= 4 is 11.6 Å². The molecule has 3 aromatic rings. The molecule has 2 heteroatoms. The van der Waals surface area contributed by atoms with Gasteiger partial charge in [0.25, 0.3) is 0 Å². The number of benzene rings is 3. The predicted octanol–water partition coefficient (Wildman–Crippen LogP) is 5.78. The second-order valence-electron chi connectivity index (χ2n) is 5.95. The van der Waals surface area contributed by atoms with Gasteiger partial charge in [0.2, 0.25) is 0 Å². The Hall–Kier alpha value is -2.56. The SMILES string of the molecule is N#CCC(Cc1ccccc1)(c1ccccc1)c1ccc(Cl)cc1. The average Bonchev–Trinajstić information content (AvgIpc) is 2.63. The minimum absolute atomic E-state index is 0.387. The van der Waals surface area contributed by atoms with Crippen LogP contribution in [-0.4, -0.2) is 0 Å². The molecule has 0 spiro atoms. The van der Waals surface area contributed by atoms with Crippen LogP contribution in [0.1, 0.15) is 23.1 Å². The third-order valence-electron chi connectivity index (χ3n) is 4.45. The van der Waals surface area contributed by atoms with Crippen molar-refractivity contribution in [3.05, 3.63) is 107 Å². The molecule has 1 nitrogen and oxygen atoms in total. The Labute approximate surface area is 148 Å². The van der Waals surface area contributed by atoms with E-state index in [1.54, 1.807) is 0 Å². The van der Waals surface area contributed by atoms with E-state index in [-0.39, 0.29) is 5.41 Å². The van der Waals surface area contributed by atoms with Gasteiger partial charge < -0.3 is 0 Å². The largest absolute Gasteiger partial charge is 0.198 e. The van der Waals surface area contributed by atoms with Crippen LogP contribution < -0.4 is 0 Å². The maximum atomic E-state index is 9.58. The Morgan fingerprint density at radius 1 is 0.750 bits per heavy atom. The molecule has 0 bridgehead atoms. The molecule has 0 aliphatic carbocycles. The number of nitrogens with zero attached hydrogens (tertiary/aromatic N) is 1. The molecular formula is C22H18ClN. The first kappa shape index (κ1) is 16.3. The second-order valence-corrected chi connectivity index (χ2v) is 6.39. The van der Waals surface area contributed by atoms with E-state index in [1.807, 2.05) is 60.7 Å². The van der Waals surface area contributed by atoms with E-state index in [9.17, 15) is 5.26 Å². The lowest BCUT2D eigenvalue weighted by Crippen LogP contribution is -2.30. The van der Waals surface area contributed by atoms with Crippen LogP contribution in [0.3, 0.4) is 0 Å². The smallest absolute Gasteiger partial charge is 0.0634 e. The first-order chi connectivity index (χ1) is 11.7. The number of halogens is 1. The third-order valence-corrected chi connectivity index (χ3v) is 4.70. The zero-order valence-electron chi connectivity index (χ0n) is 13.3. The Bertz CT molecular complexity index is 819. The molecule has 0 radical (unpaired) electrons. The van der Waals surface area contributed by atoms with Gasteiger partial charge in [0.05, 0.1) is 6.07 Å². The van der Waals surface area contributed by atoms with Gasteiger partial charge in [0.15, 0.2) is 0 Å². The predicted molar refractivity (Wildman–Crippen MR) is 99.1 cm³/mol. The van der Waals surface area contributed by atoms with Crippen molar-refractivity contribution in [2.24, 2.45) is 0 Å². The first-order valence-electron chi connectivity index (χ1n) is 7.97. The van der Waals surface area contributed by atoms with Gasteiger partial charge in [-0.25, -0.2) is 0 Å². The maximum absolute atomic E-state index is 9.58. The van der Waals surface area contributed by atoms with Gasteiger partial charge in [0, 0.05) is 16.9 Å². The van der Waals surface area contributed by atoms with Crippen LogP contribution in [0.5, 0.6) is 0 Å². The number of hydrogen-bond acceptors (Lipinski definition) is 1. The summed E-state index contributed by atoms with van der Waals surface area (Å²) < 4.78 is 0. The van der Waals surface area contributed by atoms with Gasteiger partial charge in [0.1, 0.15) is 0 Å². The molecule has 0 amide bonds. The van der Waals surface area contributed by atoms with E-state index >= 15 is 0 Å². The van der Waals surface area contributed by atoms with E-state index in [0.29, 0.717) is 11.4 Å². The van der Waals surface area contributed by atoms with Gasteiger partial charge in [-0.1, -0.05) is 84.4 Å². The minimum Gasteiger partial charge on any atom is -0.198 e. The van der Waals surface area contributed by atoms with Gasteiger partial charge in [-0.3, -0.25) is 0 Å². The second kappa shape index (κ2) is 7.34. The number of nitriles is 1.